The van der Waals surface area contributed by atoms with Crippen molar-refractivity contribution in [3.05, 3.63) is 12.3 Å². The highest BCUT2D eigenvalue weighted by Crippen LogP contribution is 2.06. The zero-order chi connectivity index (χ0) is 15.5. The van der Waals surface area contributed by atoms with Gasteiger partial charge in [-0.1, -0.05) is 20.4 Å². The first kappa shape index (κ1) is 18.3. The lowest BCUT2D eigenvalue weighted by Gasteiger charge is -2.18. The van der Waals surface area contributed by atoms with Crippen molar-refractivity contribution >= 4 is 12.1 Å². The van der Waals surface area contributed by atoms with Crippen molar-refractivity contribution in [2.24, 2.45) is 0 Å². The van der Waals surface area contributed by atoms with Crippen LogP contribution in [0.15, 0.2) is 12.3 Å². The van der Waals surface area contributed by atoms with Crippen molar-refractivity contribution in [3.8, 4) is 0 Å². The van der Waals surface area contributed by atoms with E-state index in [9.17, 15) is 9.59 Å². The number of ether oxygens (including phenoxy) is 4. The zero-order valence-electron chi connectivity index (χ0n) is 12.6. The Morgan fingerprint density at radius 2 is 1.40 bits per heavy atom. The van der Waals surface area contributed by atoms with Gasteiger partial charge in [-0.05, 0) is 19.8 Å². The fourth-order valence-corrected chi connectivity index (χ4v) is 1.35. The molecule has 20 heavy (non-hydrogen) atoms. The average molecular weight is 288 g/mol. The van der Waals surface area contributed by atoms with Gasteiger partial charge in [0.2, 0.25) is 0 Å². The molecule has 116 valence electrons. The third-order valence-corrected chi connectivity index (χ3v) is 2.39. The quantitative estimate of drug-likeness (QED) is 0.480. The van der Waals surface area contributed by atoms with Crippen LogP contribution in [0.1, 0.15) is 40.5 Å². The fourth-order valence-electron chi connectivity index (χ4n) is 1.35. The Morgan fingerprint density at radius 3 is 1.75 bits per heavy atom. The highest BCUT2D eigenvalue weighted by molar-refractivity contribution is 5.66. The van der Waals surface area contributed by atoms with Crippen LogP contribution in [-0.4, -0.2) is 37.5 Å². The molecule has 6 heteroatoms. The highest BCUT2D eigenvalue weighted by atomic mass is 16.7. The molecule has 0 fully saturated rings. The molecule has 0 aliphatic rings. The summed E-state index contributed by atoms with van der Waals surface area (Å²) in [5.74, 6) is 0.157. The molecule has 0 aliphatic carbocycles. The van der Waals surface area contributed by atoms with Gasteiger partial charge in [-0.25, -0.2) is 4.79 Å². The summed E-state index contributed by atoms with van der Waals surface area (Å²) in [5.41, 5.74) is 0. The predicted molar refractivity (Wildman–Crippen MR) is 73.1 cm³/mol. The molecule has 0 amide bonds. The van der Waals surface area contributed by atoms with Crippen molar-refractivity contribution in [1.29, 1.82) is 0 Å². The van der Waals surface area contributed by atoms with Gasteiger partial charge in [-0.2, -0.15) is 0 Å². The Kier molecular flexibility index (Phi) is 9.24. The van der Waals surface area contributed by atoms with Gasteiger partial charge in [0.1, 0.15) is 25.4 Å². The molecule has 0 aromatic carbocycles. The molecule has 0 aromatic rings. The standard InChI is InChI=1S/C14H24O6/c1-6-12(19-10(3)4)8-17-14(16)18-9-13(7-2)20-11(5)15/h12-13H,3,6-9H2,1-2,4-5H3. The second-order valence-electron chi connectivity index (χ2n) is 4.36. The third-order valence-electron chi connectivity index (χ3n) is 2.39. The van der Waals surface area contributed by atoms with E-state index in [-0.39, 0.29) is 19.3 Å². The molecule has 0 aromatic heterocycles. The number of rotatable bonds is 9. The normalized spacial score (nSPS) is 13.0. The fraction of sp³-hybridized carbons (Fsp3) is 0.714. The molecule has 0 aliphatic heterocycles. The highest BCUT2D eigenvalue weighted by Gasteiger charge is 2.15. The molecular formula is C14H24O6. The molecule has 0 spiro atoms. The molecule has 0 saturated carbocycles. The first-order chi connectivity index (χ1) is 9.38. The number of hydrogen-bond donors (Lipinski definition) is 0. The van der Waals surface area contributed by atoms with Gasteiger partial charge in [0, 0.05) is 6.92 Å². The number of hydrogen-bond acceptors (Lipinski definition) is 6. The minimum absolute atomic E-state index is 0.0208. The molecule has 2 atom stereocenters. The Morgan fingerprint density at radius 1 is 0.950 bits per heavy atom. The summed E-state index contributed by atoms with van der Waals surface area (Å²) >= 11 is 0. The summed E-state index contributed by atoms with van der Waals surface area (Å²) in [7, 11) is 0. The smallest absolute Gasteiger partial charge is 0.492 e. The second-order valence-corrected chi connectivity index (χ2v) is 4.36. The van der Waals surface area contributed by atoms with E-state index in [1.807, 2.05) is 13.8 Å². The molecule has 0 bridgehead atoms. The number of carbonyl (C=O) groups is 2. The van der Waals surface area contributed by atoms with Gasteiger partial charge in [-0.15, -0.1) is 0 Å². The van der Waals surface area contributed by atoms with Gasteiger partial charge in [0.15, 0.2) is 0 Å². The topological polar surface area (TPSA) is 71.1 Å². The molecule has 2 unspecified atom stereocenters. The maximum absolute atomic E-state index is 11.4. The SMILES string of the molecule is C=C(C)OC(CC)COC(=O)OCC(CC)OC(C)=O. The number of allylic oxidation sites excluding steroid dienone is 1. The molecule has 0 rings (SSSR count). The predicted octanol–water partition coefficient (Wildman–Crippen LogP) is 2.81. The lowest BCUT2D eigenvalue weighted by molar-refractivity contribution is -0.149. The van der Waals surface area contributed by atoms with E-state index in [1.165, 1.54) is 6.92 Å². The van der Waals surface area contributed by atoms with Crippen molar-refractivity contribution < 1.29 is 28.5 Å². The molecule has 0 saturated heterocycles. The van der Waals surface area contributed by atoms with Crippen LogP contribution in [0.4, 0.5) is 4.79 Å². The summed E-state index contributed by atoms with van der Waals surface area (Å²) in [6.07, 6.45) is -0.252. The van der Waals surface area contributed by atoms with Gasteiger partial charge in [0.05, 0.1) is 5.76 Å². The van der Waals surface area contributed by atoms with Crippen molar-refractivity contribution in [2.45, 2.75) is 52.7 Å². The Hall–Kier alpha value is -1.72. The van der Waals surface area contributed by atoms with E-state index >= 15 is 0 Å². The summed E-state index contributed by atoms with van der Waals surface area (Å²) < 4.78 is 20.1. The minimum Gasteiger partial charge on any atom is -0.492 e. The van der Waals surface area contributed by atoms with E-state index in [1.54, 1.807) is 6.92 Å². The van der Waals surface area contributed by atoms with E-state index < -0.39 is 18.2 Å². The summed E-state index contributed by atoms with van der Waals surface area (Å²) in [6.45, 7) is 10.5. The van der Waals surface area contributed by atoms with Crippen molar-refractivity contribution in [3.63, 3.8) is 0 Å². The van der Waals surface area contributed by atoms with Gasteiger partial charge in [0.25, 0.3) is 0 Å². The van der Waals surface area contributed by atoms with E-state index in [0.717, 1.165) is 0 Å². The number of esters is 1. The minimum atomic E-state index is -0.806. The Balaban J connectivity index is 3.97. The van der Waals surface area contributed by atoms with E-state index in [2.05, 4.69) is 6.58 Å². The van der Waals surface area contributed by atoms with Crippen LogP contribution in [-0.2, 0) is 23.7 Å². The lowest BCUT2D eigenvalue weighted by atomic mass is 10.3. The van der Waals surface area contributed by atoms with Gasteiger partial charge in [-0.3, -0.25) is 4.79 Å². The summed E-state index contributed by atoms with van der Waals surface area (Å²) in [5, 5.41) is 0. The lowest BCUT2D eigenvalue weighted by Crippen LogP contribution is -2.26. The maximum Gasteiger partial charge on any atom is 0.508 e. The van der Waals surface area contributed by atoms with Crippen molar-refractivity contribution in [2.75, 3.05) is 13.2 Å². The largest absolute Gasteiger partial charge is 0.508 e. The second kappa shape index (κ2) is 10.1. The van der Waals surface area contributed by atoms with Crippen LogP contribution >= 0.6 is 0 Å². The zero-order valence-corrected chi connectivity index (χ0v) is 12.6. The van der Waals surface area contributed by atoms with E-state index in [4.69, 9.17) is 18.9 Å². The summed E-state index contributed by atoms with van der Waals surface area (Å²) in [6, 6.07) is 0. The molecule has 6 nitrogen and oxygen atoms in total. The van der Waals surface area contributed by atoms with Crippen LogP contribution in [0.25, 0.3) is 0 Å². The van der Waals surface area contributed by atoms with Crippen LogP contribution in [0.3, 0.4) is 0 Å². The summed E-state index contributed by atoms with van der Waals surface area (Å²) in [4.78, 5) is 22.2. The monoisotopic (exact) mass is 288 g/mol. The Labute approximate surface area is 120 Å². The van der Waals surface area contributed by atoms with Crippen LogP contribution in [0.2, 0.25) is 0 Å². The first-order valence-corrected chi connectivity index (χ1v) is 6.67. The Bertz CT molecular complexity index is 296. The van der Waals surface area contributed by atoms with Crippen LogP contribution in [0.5, 0.6) is 0 Å². The molecule has 0 N–H and O–H groups in total. The third kappa shape index (κ3) is 9.24. The number of carbonyl (C=O) groups excluding carboxylic acids is 2. The molecule has 0 radical (unpaired) electrons. The maximum atomic E-state index is 11.4. The molecule has 0 heterocycles. The van der Waals surface area contributed by atoms with Crippen LogP contribution < -0.4 is 0 Å². The van der Waals surface area contributed by atoms with Crippen LogP contribution in [0, 0.1) is 0 Å². The van der Waals surface area contributed by atoms with Gasteiger partial charge < -0.3 is 18.9 Å². The average Bonchev–Trinajstić information content (AvgIpc) is 2.38. The van der Waals surface area contributed by atoms with Gasteiger partial charge >= 0.3 is 12.1 Å². The van der Waals surface area contributed by atoms with Crippen molar-refractivity contribution in [1.82, 2.24) is 0 Å². The molecular weight excluding hydrogens is 264 g/mol. The van der Waals surface area contributed by atoms with E-state index in [0.29, 0.717) is 18.6 Å². The first-order valence-electron chi connectivity index (χ1n) is 6.67.